The SMILES string of the molecule is CCNC(=NCC(C1CC1)C1CC1)N1CCN(CC(=O)NC2CC2)CC1.I. The quantitative estimate of drug-likeness (QED) is 0.311. The molecule has 4 aliphatic rings. The van der Waals surface area contributed by atoms with Gasteiger partial charge in [0.05, 0.1) is 6.54 Å². The Bertz CT molecular complexity index is 510. The van der Waals surface area contributed by atoms with E-state index < -0.39 is 0 Å². The highest BCUT2D eigenvalue weighted by Gasteiger charge is 2.41. The van der Waals surface area contributed by atoms with E-state index in [1.807, 2.05) is 0 Å². The zero-order valence-corrected chi connectivity index (χ0v) is 19.0. The Morgan fingerprint density at radius 2 is 1.67 bits per heavy atom. The second-order valence-electron chi connectivity index (χ2n) is 8.64. The van der Waals surface area contributed by atoms with Crippen LogP contribution in [0.3, 0.4) is 0 Å². The van der Waals surface area contributed by atoms with E-state index in [1.165, 1.54) is 25.7 Å². The Hall–Kier alpha value is -0.570. The highest BCUT2D eigenvalue weighted by atomic mass is 127. The number of carbonyl (C=O) groups is 1. The summed E-state index contributed by atoms with van der Waals surface area (Å²) in [6, 6.07) is 0.460. The zero-order valence-electron chi connectivity index (χ0n) is 16.7. The predicted molar refractivity (Wildman–Crippen MR) is 120 cm³/mol. The molecule has 0 radical (unpaired) electrons. The molecule has 3 saturated carbocycles. The van der Waals surface area contributed by atoms with Crippen LogP contribution in [-0.2, 0) is 4.79 Å². The molecule has 2 N–H and O–H groups in total. The molecule has 0 atom stereocenters. The summed E-state index contributed by atoms with van der Waals surface area (Å²) in [4.78, 5) is 21.7. The molecule has 0 aromatic carbocycles. The minimum Gasteiger partial charge on any atom is -0.357 e. The van der Waals surface area contributed by atoms with Crippen molar-refractivity contribution in [1.82, 2.24) is 20.4 Å². The number of carbonyl (C=O) groups excluding carboxylic acids is 1. The molecule has 1 amide bonds. The number of rotatable bonds is 8. The maximum Gasteiger partial charge on any atom is 0.234 e. The summed E-state index contributed by atoms with van der Waals surface area (Å²) in [6.45, 7) is 8.41. The molecule has 1 aliphatic heterocycles. The normalized spacial score (nSPS) is 23.9. The molecule has 154 valence electrons. The van der Waals surface area contributed by atoms with E-state index in [0.717, 1.165) is 75.8 Å². The molecule has 0 spiro atoms. The van der Waals surface area contributed by atoms with Gasteiger partial charge in [-0.25, -0.2) is 0 Å². The lowest BCUT2D eigenvalue weighted by molar-refractivity contribution is -0.122. The lowest BCUT2D eigenvalue weighted by Crippen LogP contribution is -2.54. The van der Waals surface area contributed by atoms with E-state index in [-0.39, 0.29) is 29.9 Å². The summed E-state index contributed by atoms with van der Waals surface area (Å²) in [6.07, 6.45) is 8.02. The average molecular weight is 489 g/mol. The first-order valence-corrected chi connectivity index (χ1v) is 10.8. The largest absolute Gasteiger partial charge is 0.357 e. The van der Waals surface area contributed by atoms with E-state index in [4.69, 9.17) is 4.99 Å². The van der Waals surface area contributed by atoms with Crippen molar-refractivity contribution in [3.63, 3.8) is 0 Å². The summed E-state index contributed by atoms with van der Waals surface area (Å²) in [5, 5.41) is 6.59. The Balaban J connectivity index is 0.00000210. The first-order valence-electron chi connectivity index (χ1n) is 10.8. The van der Waals surface area contributed by atoms with E-state index in [9.17, 15) is 4.79 Å². The molecule has 0 aromatic heterocycles. The fourth-order valence-corrected chi connectivity index (χ4v) is 4.17. The van der Waals surface area contributed by atoms with Crippen molar-refractivity contribution in [1.29, 1.82) is 0 Å². The van der Waals surface area contributed by atoms with Gasteiger partial charge >= 0.3 is 0 Å². The second kappa shape index (κ2) is 9.76. The smallest absolute Gasteiger partial charge is 0.234 e. The van der Waals surface area contributed by atoms with Crippen molar-refractivity contribution in [2.75, 3.05) is 45.8 Å². The van der Waals surface area contributed by atoms with Crippen molar-refractivity contribution in [3.05, 3.63) is 0 Å². The minimum absolute atomic E-state index is 0. The number of piperazine rings is 1. The van der Waals surface area contributed by atoms with Crippen LogP contribution >= 0.6 is 24.0 Å². The van der Waals surface area contributed by atoms with Crippen LogP contribution in [0.4, 0.5) is 0 Å². The van der Waals surface area contributed by atoms with Crippen LogP contribution in [-0.4, -0.2) is 73.5 Å². The van der Waals surface area contributed by atoms with Crippen LogP contribution in [0.2, 0.25) is 0 Å². The van der Waals surface area contributed by atoms with Gasteiger partial charge in [-0.15, -0.1) is 24.0 Å². The maximum atomic E-state index is 12.0. The fraction of sp³-hybridized carbons (Fsp3) is 0.900. The zero-order chi connectivity index (χ0) is 17.9. The van der Waals surface area contributed by atoms with Crippen LogP contribution < -0.4 is 10.6 Å². The summed E-state index contributed by atoms with van der Waals surface area (Å²) >= 11 is 0. The van der Waals surface area contributed by atoms with Gasteiger partial charge < -0.3 is 15.5 Å². The summed E-state index contributed by atoms with van der Waals surface area (Å²) in [5.74, 6) is 4.02. The number of halogens is 1. The van der Waals surface area contributed by atoms with Crippen molar-refractivity contribution >= 4 is 35.8 Å². The number of aliphatic imine (C=N–C) groups is 1. The van der Waals surface area contributed by atoms with Crippen LogP contribution in [0.15, 0.2) is 4.99 Å². The lowest BCUT2D eigenvalue weighted by atomic mass is 9.98. The number of nitrogens with zero attached hydrogens (tertiary/aromatic N) is 3. The summed E-state index contributed by atoms with van der Waals surface area (Å²) < 4.78 is 0. The molecule has 4 rings (SSSR count). The van der Waals surface area contributed by atoms with Crippen molar-refractivity contribution < 1.29 is 4.79 Å². The third-order valence-corrected chi connectivity index (χ3v) is 6.22. The third-order valence-electron chi connectivity index (χ3n) is 6.22. The predicted octanol–water partition coefficient (Wildman–Crippen LogP) is 1.90. The number of nitrogens with one attached hydrogen (secondary N) is 2. The molecule has 27 heavy (non-hydrogen) atoms. The molecule has 0 unspecified atom stereocenters. The molecule has 1 heterocycles. The van der Waals surface area contributed by atoms with Gasteiger partial charge in [0, 0.05) is 45.3 Å². The Kier molecular flexibility index (Phi) is 7.65. The van der Waals surface area contributed by atoms with Gasteiger partial charge in [0.2, 0.25) is 5.91 Å². The highest BCUT2D eigenvalue weighted by Crippen LogP contribution is 2.49. The number of hydrogen-bond acceptors (Lipinski definition) is 3. The van der Waals surface area contributed by atoms with Gasteiger partial charge in [-0.3, -0.25) is 14.7 Å². The van der Waals surface area contributed by atoms with Gasteiger partial charge in [-0.2, -0.15) is 0 Å². The molecular formula is C20H36IN5O. The maximum absolute atomic E-state index is 12.0. The summed E-state index contributed by atoms with van der Waals surface area (Å²) in [7, 11) is 0. The van der Waals surface area contributed by atoms with E-state index in [1.54, 1.807) is 0 Å². The monoisotopic (exact) mass is 489 g/mol. The van der Waals surface area contributed by atoms with Gasteiger partial charge in [0.1, 0.15) is 0 Å². The molecular weight excluding hydrogens is 453 g/mol. The standard InChI is InChI=1S/C20H35N5O.HI/c1-2-21-20(22-13-18(15-3-4-15)16-5-6-16)25-11-9-24(10-12-25)14-19(26)23-17-7-8-17;/h15-18H,2-14H2,1H3,(H,21,22)(H,23,26);1H. The van der Waals surface area contributed by atoms with Crippen molar-refractivity contribution in [2.45, 2.75) is 51.5 Å². The Morgan fingerprint density at radius 1 is 1.04 bits per heavy atom. The highest BCUT2D eigenvalue weighted by molar-refractivity contribution is 14.0. The second-order valence-corrected chi connectivity index (χ2v) is 8.64. The Labute approximate surface area is 180 Å². The number of hydrogen-bond donors (Lipinski definition) is 2. The topological polar surface area (TPSA) is 60.0 Å². The van der Waals surface area contributed by atoms with Crippen LogP contribution in [0, 0.1) is 17.8 Å². The first kappa shape index (κ1) is 21.1. The van der Waals surface area contributed by atoms with E-state index >= 15 is 0 Å². The van der Waals surface area contributed by atoms with Crippen LogP contribution in [0.5, 0.6) is 0 Å². The molecule has 6 nitrogen and oxygen atoms in total. The molecule has 4 fully saturated rings. The molecule has 7 heteroatoms. The van der Waals surface area contributed by atoms with Crippen molar-refractivity contribution in [3.8, 4) is 0 Å². The van der Waals surface area contributed by atoms with E-state index in [0.29, 0.717) is 12.6 Å². The van der Waals surface area contributed by atoms with Gasteiger partial charge in [-0.1, -0.05) is 0 Å². The molecule has 1 saturated heterocycles. The molecule has 3 aliphatic carbocycles. The van der Waals surface area contributed by atoms with Crippen molar-refractivity contribution in [2.24, 2.45) is 22.7 Å². The fourth-order valence-electron chi connectivity index (χ4n) is 4.17. The van der Waals surface area contributed by atoms with Gasteiger partial charge in [0.15, 0.2) is 5.96 Å². The third kappa shape index (κ3) is 6.48. The van der Waals surface area contributed by atoms with Crippen LogP contribution in [0.25, 0.3) is 0 Å². The van der Waals surface area contributed by atoms with Gasteiger partial charge in [-0.05, 0) is 63.2 Å². The number of amides is 1. The Morgan fingerprint density at radius 3 is 2.19 bits per heavy atom. The molecule has 0 aromatic rings. The van der Waals surface area contributed by atoms with Crippen LogP contribution in [0.1, 0.15) is 45.4 Å². The first-order chi connectivity index (χ1) is 12.7. The minimum atomic E-state index is 0. The summed E-state index contributed by atoms with van der Waals surface area (Å²) in [5.41, 5.74) is 0. The lowest BCUT2D eigenvalue weighted by Gasteiger charge is -2.36. The molecule has 0 bridgehead atoms. The van der Waals surface area contributed by atoms with E-state index in [2.05, 4.69) is 27.4 Å². The number of guanidine groups is 1. The average Bonchev–Trinajstić information content (AvgIpc) is 3.45. The van der Waals surface area contributed by atoms with Gasteiger partial charge in [0.25, 0.3) is 0 Å².